The Hall–Kier alpha value is -0.940. The summed E-state index contributed by atoms with van der Waals surface area (Å²) in [6.07, 6.45) is 5.72. The molecule has 1 aliphatic carbocycles. The smallest absolute Gasteiger partial charge is 0.347 e. The molecule has 1 aliphatic heterocycles. The van der Waals surface area contributed by atoms with Crippen molar-refractivity contribution in [2.45, 2.75) is 44.9 Å². The van der Waals surface area contributed by atoms with Crippen LogP contribution in [0.2, 0.25) is 0 Å². The van der Waals surface area contributed by atoms with E-state index in [9.17, 15) is 9.90 Å². The highest BCUT2D eigenvalue weighted by molar-refractivity contribution is 7.13. The van der Waals surface area contributed by atoms with E-state index in [2.05, 4.69) is 16.8 Å². The molecule has 0 bridgehead atoms. The molecule has 1 unspecified atom stereocenters. The molecule has 0 spiro atoms. The number of aromatic carboxylic acids is 1. The predicted molar refractivity (Wildman–Crippen MR) is 79.6 cm³/mol. The van der Waals surface area contributed by atoms with Crippen LogP contribution in [0.3, 0.4) is 0 Å². The van der Waals surface area contributed by atoms with E-state index >= 15 is 0 Å². The van der Waals surface area contributed by atoms with E-state index in [0.717, 1.165) is 42.4 Å². The van der Waals surface area contributed by atoms with Gasteiger partial charge in [-0.3, -0.25) is 0 Å². The molecule has 0 radical (unpaired) electrons. The number of carboxylic acid groups (broad SMARTS) is 1. The number of piperidine rings is 1. The maximum atomic E-state index is 11.3. The van der Waals surface area contributed by atoms with E-state index in [4.69, 9.17) is 0 Å². The molecule has 3 rings (SSSR count). The van der Waals surface area contributed by atoms with Crippen molar-refractivity contribution in [2.75, 3.05) is 19.6 Å². The minimum Gasteiger partial charge on any atom is -0.477 e. The Morgan fingerprint density at radius 2 is 2.25 bits per heavy atom. The van der Waals surface area contributed by atoms with Crippen LogP contribution < -0.4 is 0 Å². The van der Waals surface area contributed by atoms with E-state index in [0.29, 0.717) is 10.8 Å². The van der Waals surface area contributed by atoms with Crippen molar-refractivity contribution >= 4 is 17.3 Å². The second-order valence-corrected chi connectivity index (χ2v) is 7.28. The van der Waals surface area contributed by atoms with Gasteiger partial charge in [-0.15, -0.1) is 11.3 Å². The molecular weight excluding hydrogens is 272 g/mol. The first-order valence-electron chi connectivity index (χ1n) is 7.58. The average molecular weight is 294 g/mol. The van der Waals surface area contributed by atoms with E-state index in [1.807, 2.05) is 0 Å². The fraction of sp³-hybridized carbons (Fsp3) is 0.733. The minimum absolute atomic E-state index is 0.418. The summed E-state index contributed by atoms with van der Waals surface area (Å²) in [5, 5.41) is 10.3. The summed E-state index contributed by atoms with van der Waals surface area (Å²) in [5.41, 5.74) is 0.851. The monoisotopic (exact) mass is 294 g/mol. The Morgan fingerprint density at radius 3 is 2.90 bits per heavy atom. The van der Waals surface area contributed by atoms with Crippen molar-refractivity contribution in [3.8, 4) is 0 Å². The molecule has 0 amide bonds. The van der Waals surface area contributed by atoms with Crippen molar-refractivity contribution in [2.24, 2.45) is 5.92 Å². The molecule has 1 atom stereocenters. The lowest BCUT2D eigenvalue weighted by atomic mass is 10.0. The number of nitrogens with zero attached hydrogens (tertiary/aromatic N) is 2. The van der Waals surface area contributed by atoms with Crippen molar-refractivity contribution in [3.05, 3.63) is 15.6 Å². The van der Waals surface area contributed by atoms with Gasteiger partial charge in [-0.1, -0.05) is 6.92 Å². The second-order valence-electron chi connectivity index (χ2n) is 6.20. The van der Waals surface area contributed by atoms with Crippen LogP contribution in [0.15, 0.2) is 0 Å². The third kappa shape index (κ3) is 3.20. The van der Waals surface area contributed by atoms with Crippen LogP contribution in [0.25, 0.3) is 0 Å². The number of likely N-dealkylation sites (tertiary alicyclic amines) is 1. The van der Waals surface area contributed by atoms with Gasteiger partial charge in [0.15, 0.2) is 0 Å². The summed E-state index contributed by atoms with van der Waals surface area (Å²) < 4.78 is 0. The van der Waals surface area contributed by atoms with Crippen LogP contribution in [-0.2, 0) is 6.42 Å². The summed E-state index contributed by atoms with van der Waals surface area (Å²) in [4.78, 5) is 18.9. The third-order valence-electron chi connectivity index (χ3n) is 4.24. The highest BCUT2D eigenvalue weighted by Crippen LogP contribution is 2.42. The molecule has 2 fully saturated rings. The summed E-state index contributed by atoms with van der Waals surface area (Å²) in [6, 6.07) is 0. The topological polar surface area (TPSA) is 53.4 Å². The molecular formula is C15H22N2O2S. The highest BCUT2D eigenvalue weighted by atomic mass is 32.1. The van der Waals surface area contributed by atoms with Crippen molar-refractivity contribution in [3.63, 3.8) is 0 Å². The molecule has 5 heteroatoms. The molecule has 1 N–H and O–H groups in total. The van der Waals surface area contributed by atoms with E-state index in [1.165, 1.54) is 37.3 Å². The second kappa shape index (κ2) is 5.82. The standard InChI is InChI=1S/C15H22N2O2S/c1-10-3-2-7-17(9-10)8-6-12-16-13(11-4-5-11)14(20-12)15(18)19/h10-11H,2-9H2,1H3,(H,18,19). The molecule has 20 heavy (non-hydrogen) atoms. The molecule has 1 aromatic rings. The fourth-order valence-electron chi connectivity index (χ4n) is 3.02. The normalized spacial score (nSPS) is 23.9. The van der Waals surface area contributed by atoms with Gasteiger partial charge in [-0.05, 0) is 38.1 Å². The van der Waals surface area contributed by atoms with Crippen molar-refractivity contribution in [1.29, 1.82) is 0 Å². The fourth-order valence-corrected chi connectivity index (χ4v) is 3.99. The van der Waals surface area contributed by atoms with Crippen LogP contribution in [0, 0.1) is 5.92 Å². The Kier molecular flexibility index (Phi) is 4.08. The first kappa shape index (κ1) is 14.0. The number of rotatable bonds is 5. The van der Waals surface area contributed by atoms with Crippen LogP contribution >= 0.6 is 11.3 Å². The van der Waals surface area contributed by atoms with E-state index in [1.54, 1.807) is 0 Å². The number of carbonyl (C=O) groups is 1. The minimum atomic E-state index is -0.803. The summed E-state index contributed by atoms with van der Waals surface area (Å²) in [6.45, 7) is 5.67. The lowest BCUT2D eigenvalue weighted by Gasteiger charge is -2.30. The number of thiazole rings is 1. The van der Waals surface area contributed by atoms with Gasteiger partial charge in [-0.2, -0.15) is 0 Å². The quantitative estimate of drug-likeness (QED) is 0.907. The molecule has 2 heterocycles. The van der Waals surface area contributed by atoms with Gasteiger partial charge >= 0.3 is 5.97 Å². The van der Waals surface area contributed by atoms with Crippen LogP contribution in [0.1, 0.15) is 58.9 Å². The Balaban J connectivity index is 1.62. The zero-order chi connectivity index (χ0) is 14.1. The van der Waals surface area contributed by atoms with Gasteiger partial charge in [0, 0.05) is 25.4 Å². The predicted octanol–water partition coefficient (Wildman–Crippen LogP) is 2.99. The number of hydrogen-bond donors (Lipinski definition) is 1. The maximum absolute atomic E-state index is 11.3. The SMILES string of the molecule is CC1CCCN(CCc2nc(C3CC3)c(C(=O)O)s2)C1. The van der Waals surface area contributed by atoms with Crippen LogP contribution in [0.5, 0.6) is 0 Å². The lowest BCUT2D eigenvalue weighted by molar-refractivity contribution is 0.0700. The molecule has 1 aromatic heterocycles. The first-order chi connectivity index (χ1) is 9.63. The van der Waals surface area contributed by atoms with Crippen LogP contribution in [0.4, 0.5) is 0 Å². The summed E-state index contributed by atoms with van der Waals surface area (Å²) in [5.74, 6) is 0.403. The third-order valence-corrected chi connectivity index (χ3v) is 5.36. The van der Waals surface area contributed by atoms with Crippen molar-refractivity contribution in [1.82, 2.24) is 9.88 Å². The lowest BCUT2D eigenvalue weighted by Crippen LogP contribution is -2.35. The summed E-state index contributed by atoms with van der Waals surface area (Å²) in [7, 11) is 0. The van der Waals surface area contributed by atoms with Gasteiger partial charge in [0.1, 0.15) is 4.88 Å². The number of carboxylic acids is 1. The Bertz CT molecular complexity index is 496. The number of hydrogen-bond acceptors (Lipinski definition) is 4. The maximum Gasteiger partial charge on any atom is 0.347 e. The summed E-state index contributed by atoms with van der Waals surface area (Å²) >= 11 is 1.39. The van der Waals surface area contributed by atoms with Gasteiger partial charge in [0.25, 0.3) is 0 Å². The van der Waals surface area contributed by atoms with E-state index in [-0.39, 0.29) is 0 Å². The zero-order valence-corrected chi connectivity index (χ0v) is 12.8. The highest BCUT2D eigenvalue weighted by Gasteiger charge is 2.32. The zero-order valence-electron chi connectivity index (χ0n) is 12.0. The van der Waals surface area contributed by atoms with Gasteiger partial charge in [0.2, 0.25) is 0 Å². The van der Waals surface area contributed by atoms with Gasteiger partial charge in [0.05, 0.1) is 10.7 Å². The molecule has 1 saturated carbocycles. The average Bonchev–Trinajstić information content (AvgIpc) is 3.16. The molecule has 4 nitrogen and oxygen atoms in total. The molecule has 2 aliphatic rings. The Morgan fingerprint density at radius 1 is 1.45 bits per heavy atom. The van der Waals surface area contributed by atoms with Crippen LogP contribution in [-0.4, -0.2) is 40.6 Å². The Labute approximate surface area is 123 Å². The molecule has 0 aromatic carbocycles. The molecule has 1 saturated heterocycles. The largest absolute Gasteiger partial charge is 0.477 e. The first-order valence-corrected chi connectivity index (χ1v) is 8.40. The van der Waals surface area contributed by atoms with Gasteiger partial charge in [-0.25, -0.2) is 9.78 Å². The van der Waals surface area contributed by atoms with Gasteiger partial charge < -0.3 is 10.0 Å². The molecule has 110 valence electrons. The number of aromatic nitrogens is 1. The van der Waals surface area contributed by atoms with E-state index < -0.39 is 5.97 Å². The van der Waals surface area contributed by atoms with Crippen molar-refractivity contribution < 1.29 is 9.90 Å².